The molecule has 2 saturated heterocycles. The number of carbonyl (C=O) groups is 1. The van der Waals surface area contributed by atoms with Crippen LogP contribution in [0, 0.1) is 0 Å². The third-order valence-electron chi connectivity index (χ3n) is 5.74. The monoisotopic (exact) mass is 338 g/mol. The predicted molar refractivity (Wildman–Crippen MR) is 97.9 cm³/mol. The molecule has 1 aromatic carbocycles. The molecule has 1 aromatic heterocycles. The number of likely N-dealkylation sites (N-methyl/N-ethyl adjacent to an activating group) is 1. The number of hydrogen-bond donors (Lipinski definition) is 0. The molecule has 0 bridgehead atoms. The van der Waals surface area contributed by atoms with Gasteiger partial charge in [0.15, 0.2) is 0 Å². The van der Waals surface area contributed by atoms with Gasteiger partial charge in [0, 0.05) is 42.3 Å². The fourth-order valence-electron chi connectivity index (χ4n) is 4.48. The summed E-state index contributed by atoms with van der Waals surface area (Å²) in [5, 5.41) is 0. The number of likely N-dealkylation sites (tertiary alicyclic amines) is 2. The molecule has 0 saturated carbocycles. The number of imidazole rings is 1. The SMILES string of the molecule is CCN1CCC[C@@H]1[C@H]1CCCN1C(=O)c1ccc(-n2ccnc2)cc1. The molecular formula is C20H26N4O. The van der Waals surface area contributed by atoms with Gasteiger partial charge in [-0.3, -0.25) is 9.69 Å². The first-order valence-electron chi connectivity index (χ1n) is 9.41. The summed E-state index contributed by atoms with van der Waals surface area (Å²) in [6.45, 7) is 5.39. The number of benzene rings is 1. The van der Waals surface area contributed by atoms with Crippen molar-refractivity contribution in [3.63, 3.8) is 0 Å². The summed E-state index contributed by atoms with van der Waals surface area (Å²) in [7, 11) is 0. The van der Waals surface area contributed by atoms with Crippen LogP contribution >= 0.6 is 0 Å². The molecule has 2 aliphatic heterocycles. The minimum atomic E-state index is 0.183. The van der Waals surface area contributed by atoms with Crippen molar-refractivity contribution in [1.82, 2.24) is 19.4 Å². The van der Waals surface area contributed by atoms with Crippen LogP contribution in [-0.4, -0.2) is 57.0 Å². The normalized spacial score (nSPS) is 24.1. The Kier molecular flexibility index (Phi) is 4.57. The summed E-state index contributed by atoms with van der Waals surface area (Å²) >= 11 is 0. The van der Waals surface area contributed by atoms with E-state index in [0.717, 1.165) is 37.2 Å². The van der Waals surface area contributed by atoms with Crippen LogP contribution in [0.25, 0.3) is 5.69 Å². The van der Waals surface area contributed by atoms with Crippen LogP contribution in [0.4, 0.5) is 0 Å². The maximum Gasteiger partial charge on any atom is 0.254 e. The van der Waals surface area contributed by atoms with Crippen molar-refractivity contribution in [2.24, 2.45) is 0 Å². The summed E-state index contributed by atoms with van der Waals surface area (Å²) in [6, 6.07) is 8.80. The minimum absolute atomic E-state index is 0.183. The summed E-state index contributed by atoms with van der Waals surface area (Å²) < 4.78 is 1.95. The van der Waals surface area contributed by atoms with Gasteiger partial charge in [0.2, 0.25) is 0 Å². The van der Waals surface area contributed by atoms with E-state index >= 15 is 0 Å². The van der Waals surface area contributed by atoms with E-state index in [9.17, 15) is 4.79 Å². The van der Waals surface area contributed by atoms with E-state index in [4.69, 9.17) is 0 Å². The maximum atomic E-state index is 13.1. The molecule has 2 aliphatic rings. The van der Waals surface area contributed by atoms with Gasteiger partial charge >= 0.3 is 0 Å². The second kappa shape index (κ2) is 7.00. The molecule has 0 spiro atoms. The molecule has 5 heteroatoms. The van der Waals surface area contributed by atoms with E-state index in [-0.39, 0.29) is 5.91 Å². The van der Waals surface area contributed by atoms with Crippen molar-refractivity contribution >= 4 is 5.91 Å². The molecular weight excluding hydrogens is 312 g/mol. The van der Waals surface area contributed by atoms with Crippen molar-refractivity contribution in [1.29, 1.82) is 0 Å². The lowest BCUT2D eigenvalue weighted by atomic mass is 10.0. The van der Waals surface area contributed by atoms with Crippen LogP contribution in [-0.2, 0) is 0 Å². The first kappa shape index (κ1) is 16.3. The number of nitrogens with zero attached hydrogens (tertiary/aromatic N) is 4. The molecule has 1 amide bonds. The van der Waals surface area contributed by atoms with Gasteiger partial charge in [0.1, 0.15) is 0 Å². The zero-order valence-electron chi connectivity index (χ0n) is 14.8. The molecule has 132 valence electrons. The molecule has 2 atom stereocenters. The Hall–Kier alpha value is -2.14. The van der Waals surface area contributed by atoms with E-state index < -0.39 is 0 Å². The summed E-state index contributed by atoms with van der Waals surface area (Å²) in [5.74, 6) is 0.183. The van der Waals surface area contributed by atoms with Gasteiger partial charge in [0.05, 0.1) is 6.33 Å². The first-order chi connectivity index (χ1) is 12.3. The average molecular weight is 338 g/mol. The zero-order valence-corrected chi connectivity index (χ0v) is 14.8. The Morgan fingerprint density at radius 3 is 2.60 bits per heavy atom. The Balaban J connectivity index is 1.51. The van der Waals surface area contributed by atoms with Crippen LogP contribution in [0.15, 0.2) is 43.0 Å². The van der Waals surface area contributed by atoms with Crippen LogP contribution in [0.1, 0.15) is 43.0 Å². The van der Waals surface area contributed by atoms with Crippen molar-refractivity contribution < 1.29 is 4.79 Å². The van der Waals surface area contributed by atoms with Crippen LogP contribution < -0.4 is 0 Å². The standard InChI is InChI=1S/C20H26N4O/c1-2-22-12-3-5-18(22)19-6-4-13-24(19)20(25)16-7-9-17(10-8-16)23-14-11-21-15-23/h7-11,14-15,18-19H,2-6,12-13H2,1H3/t18-,19-/m1/s1. The lowest BCUT2D eigenvalue weighted by Crippen LogP contribution is -2.48. The lowest BCUT2D eigenvalue weighted by molar-refractivity contribution is 0.0650. The average Bonchev–Trinajstić information content (AvgIpc) is 3.41. The molecule has 2 fully saturated rings. The van der Waals surface area contributed by atoms with Crippen LogP contribution in [0.2, 0.25) is 0 Å². The number of carbonyl (C=O) groups excluding carboxylic acids is 1. The Bertz CT molecular complexity index is 710. The van der Waals surface area contributed by atoms with E-state index in [1.807, 2.05) is 35.0 Å². The van der Waals surface area contributed by atoms with Crippen molar-refractivity contribution in [3.05, 3.63) is 48.5 Å². The third-order valence-corrected chi connectivity index (χ3v) is 5.74. The zero-order chi connectivity index (χ0) is 17.2. The highest BCUT2D eigenvalue weighted by molar-refractivity contribution is 5.94. The van der Waals surface area contributed by atoms with Crippen molar-refractivity contribution in [2.45, 2.75) is 44.7 Å². The van der Waals surface area contributed by atoms with Gasteiger partial charge < -0.3 is 9.47 Å². The fourth-order valence-corrected chi connectivity index (χ4v) is 4.48. The highest BCUT2D eigenvalue weighted by Gasteiger charge is 2.39. The number of amides is 1. The number of aromatic nitrogens is 2. The Morgan fingerprint density at radius 1 is 1.12 bits per heavy atom. The van der Waals surface area contributed by atoms with Gasteiger partial charge in [-0.25, -0.2) is 4.98 Å². The number of rotatable bonds is 4. The minimum Gasteiger partial charge on any atom is -0.334 e. The van der Waals surface area contributed by atoms with E-state index in [0.29, 0.717) is 12.1 Å². The highest BCUT2D eigenvalue weighted by atomic mass is 16.2. The van der Waals surface area contributed by atoms with E-state index in [2.05, 4.69) is 21.7 Å². The maximum absolute atomic E-state index is 13.1. The van der Waals surface area contributed by atoms with Gasteiger partial charge in [-0.1, -0.05) is 6.92 Å². The smallest absolute Gasteiger partial charge is 0.254 e. The van der Waals surface area contributed by atoms with Gasteiger partial charge in [-0.2, -0.15) is 0 Å². The molecule has 0 radical (unpaired) electrons. The fraction of sp³-hybridized carbons (Fsp3) is 0.500. The quantitative estimate of drug-likeness (QED) is 0.861. The molecule has 4 rings (SSSR count). The van der Waals surface area contributed by atoms with Crippen molar-refractivity contribution in [3.8, 4) is 5.69 Å². The Morgan fingerprint density at radius 2 is 1.88 bits per heavy atom. The van der Waals surface area contributed by atoms with Gasteiger partial charge in [0.25, 0.3) is 5.91 Å². The summed E-state index contributed by atoms with van der Waals surface area (Å²) in [6.07, 6.45) is 10.2. The highest BCUT2D eigenvalue weighted by Crippen LogP contribution is 2.31. The third kappa shape index (κ3) is 3.09. The molecule has 5 nitrogen and oxygen atoms in total. The van der Waals surface area contributed by atoms with Crippen LogP contribution in [0.5, 0.6) is 0 Å². The van der Waals surface area contributed by atoms with E-state index in [1.165, 1.54) is 19.4 Å². The topological polar surface area (TPSA) is 41.4 Å². The summed E-state index contributed by atoms with van der Waals surface area (Å²) in [5.41, 5.74) is 1.82. The molecule has 0 aliphatic carbocycles. The van der Waals surface area contributed by atoms with Gasteiger partial charge in [-0.15, -0.1) is 0 Å². The summed E-state index contributed by atoms with van der Waals surface area (Å²) in [4.78, 5) is 21.9. The van der Waals surface area contributed by atoms with Crippen molar-refractivity contribution in [2.75, 3.05) is 19.6 Å². The molecule has 0 N–H and O–H groups in total. The second-order valence-electron chi connectivity index (χ2n) is 7.06. The molecule has 0 unspecified atom stereocenters. The van der Waals surface area contributed by atoms with Crippen LogP contribution in [0.3, 0.4) is 0 Å². The predicted octanol–water partition coefficient (Wildman–Crippen LogP) is 2.96. The largest absolute Gasteiger partial charge is 0.334 e. The second-order valence-corrected chi connectivity index (χ2v) is 7.06. The Labute approximate surface area is 149 Å². The molecule has 25 heavy (non-hydrogen) atoms. The molecule has 2 aromatic rings. The van der Waals surface area contributed by atoms with E-state index in [1.54, 1.807) is 12.5 Å². The first-order valence-corrected chi connectivity index (χ1v) is 9.41. The molecule has 3 heterocycles. The van der Waals surface area contributed by atoms with Gasteiger partial charge in [-0.05, 0) is 63.0 Å². The lowest BCUT2D eigenvalue weighted by Gasteiger charge is -2.34. The number of hydrogen-bond acceptors (Lipinski definition) is 3.